The molecule has 9 heteroatoms. The summed E-state index contributed by atoms with van der Waals surface area (Å²) in [5.41, 5.74) is 2.30. The summed E-state index contributed by atoms with van der Waals surface area (Å²) in [6.07, 6.45) is 5.18. The van der Waals surface area contributed by atoms with Crippen LogP contribution in [0, 0.1) is 0 Å². The summed E-state index contributed by atoms with van der Waals surface area (Å²) in [6, 6.07) is 3.88. The topological polar surface area (TPSA) is 63.9 Å². The minimum atomic E-state index is 0. The van der Waals surface area contributed by atoms with E-state index in [2.05, 4.69) is 28.4 Å². The molecule has 1 unspecified atom stereocenters. The van der Waals surface area contributed by atoms with Crippen LogP contribution in [0.3, 0.4) is 0 Å². The van der Waals surface area contributed by atoms with Crippen molar-refractivity contribution in [3.8, 4) is 11.5 Å². The van der Waals surface area contributed by atoms with Gasteiger partial charge >= 0.3 is 0 Å². The zero-order chi connectivity index (χ0) is 19.5. The number of ether oxygens (including phenoxy) is 2. The molecule has 2 aliphatic heterocycles. The molecule has 3 heterocycles. The van der Waals surface area contributed by atoms with Crippen molar-refractivity contribution in [2.75, 3.05) is 32.8 Å². The molecule has 7 nitrogen and oxygen atoms in total. The molecular weight excluding hydrogens is 505 g/mol. The maximum atomic E-state index is 6.35. The van der Waals surface area contributed by atoms with Crippen LogP contribution in [0.15, 0.2) is 29.5 Å². The van der Waals surface area contributed by atoms with Crippen molar-refractivity contribution in [2.45, 2.75) is 25.8 Å². The Labute approximate surface area is 193 Å². The van der Waals surface area contributed by atoms with Crippen LogP contribution in [-0.2, 0) is 13.6 Å². The third kappa shape index (κ3) is 5.09. The van der Waals surface area contributed by atoms with Gasteiger partial charge < -0.3 is 19.7 Å². The summed E-state index contributed by atoms with van der Waals surface area (Å²) in [5.74, 6) is 2.75. The van der Waals surface area contributed by atoms with Crippen molar-refractivity contribution in [3.63, 3.8) is 0 Å². The molecule has 2 aliphatic rings. The predicted molar refractivity (Wildman–Crippen MR) is 125 cm³/mol. The van der Waals surface area contributed by atoms with Gasteiger partial charge in [0.1, 0.15) is 13.2 Å². The Morgan fingerprint density at radius 1 is 1.34 bits per heavy atom. The van der Waals surface area contributed by atoms with Crippen LogP contribution in [0.25, 0.3) is 0 Å². The van der Waals surface area contributed by atoms with Crippen LogP contribution in [0.1, 0.15) is 30.4 Å². The molecule has 0 radical (unpaired) electrons. The molecular formula is C20H27ClIN5O2. The first-order valence-electron chi connectivity index (χ1n) is 9.74. The molecule has 1 N–H and O–H groups in total. The van der Waals surface area contributed by atoms with E-state index in [0.717, 1.165) is 37.6 Å². The Kier molecular flexibility index (Phi) is 7.50. The Bertz CT molecular complexity index is 873. The Morgan fingerprint density at radius 2 is 2.17 bits per heavy atom. The van der Waals surface area contributed by atoms with E-state index in [9.17, 15) is 0 Å². The molecule has 29 heavy (non-hydrogen) atoms. The number of likely N-dealkylation sites (tertiary alicyclic amines) is 1. The number of aliphatic imine (C=N–C) groups is 1. The smallest absolute Gasteiger partial charge is 0.194 e. The molecule has 0 saturated carbocycles. The second kappa shape index (κ2) is 9.88. The molecule has 2 aromatic rings. The third-order valence-electron chi connectivity index (χ3n) is 5.09. The number of fused-ring (bicyclic) bond motifs is 1. The molecule has 0 aliphatic carbocycles. The molecule has 0 amide bonds. The summed E-state index contributed by atoms with van der Waals surface area (Å²) in [5, 5.41) is 8.29. The number of aromatic nitrogens is 2. The van der Waals surface area contributed by atoms with Gasteiger partial charge in [0.05, 0.1) is 17.8 Å². The van der Waals surface area contributed by atoms with Crippen LogP contribution in [0.2, 0.25) is 5.02 Å². The molecule has 1 aromatic carbocycles. The molecule has 0 bridgehead atoms. The maximum absolute atomic E-state index is 6.35. The Balaban J connectivity index is 0.00000240. The lowest BCUT2D eigenvalue weighted by Crippen LogP contribution is -2.40. The largest absolute Gasteiger partial charge is 0.486 e. The minimum absolute atomic E-state index is 0. The van der Waals surface area contributed by atoms with Gasteiger partial charge in [0.15, 0.2) is 17.5 Å². The number of hydrogen-bond donors (Lipinski definition) is 1. The number of aryl methyl sites for hydroxylation is 1. The van der Waals surface area contributed by atoms with Gasteiger partial charge in [0.2, 0.25) is 0 Å². The van der Waals surface area contributed by atoms with Gasteiger partial charge in [-0.3, -0.25) is 4.68 Å². The van der Waals surface area contributed by atoms with E-state index in [1.54, 1.807) is 0 Å². The second-order valence-corrected chi connectivity index (χ2v) is 7.56. The summed E-state index contributed by atoms with van der Waals surface area (Å²) < 4.78 is 13.1. The number of guanidine groups is 1. The normalized spacial score (nSPS) is 18.5. The average molecular weight is 532 g/mol. The van der Waals surface area contributed by atoms with Crippen LogP contribution in [-0.4, -0.2) is 53.5 Å². The van der Waals surface area contributed by atoms with Crippen LogP contribution >= 0.6 is 35.6 Å². The van der Waals surface area contributed by atoms with Crippen LogP contribution in [0.5, 0.6) is 11.5 Å². The summed E-state index contributed by atoms with van der Waals surface area (Å²) in [4.78, 5) is 7.16. The Morgan fingerprint density at radius 3 is 2.93 bits per heavy atom. The Hall–Kier alpha value is -1.68. The highest BCUT2D eigenvalue weighted by Crippen LogP contribution is 2.38. The number of halogens is 2. The molecule has 1 atom stereocenters. The lowest BCUT2D eigenvalue weighted by Gasteiger charge is -2.22. The summed E-state index contributed by atoms with van der Waals surface area (Å²) >= 11 is 6.35. The average Bonchev–Trinajstić information content (AvgIpc) is 3.34. The number of benzene rings is 1. The molecule has 158 valence electrons. The second-order valence-electron chi connectivity index (χ2n) is 7.15. The molecule has 1 saturated heterocycles. The standard InChI is InChI=1S/C20H26ClN5O2.HI/c1-3-22-20(26-5-4-15(13-26)16-11-24-25(2)12-16)23-10-14-8-17(21)19-18(9-14)27-6-7-28-19;/h8-9,11-12,15H,3-7,10,13H2,1-2H3,(H,22,23);1H. The highest BCUT2D eigenvalue weighted by atomic mass is 127. The van der Waals surface area contributed by atoms with E-state index in [1.165, 1.54) is 5.56 Å². The molecule has 0 spiro atoms. The number of nitrogens with one attached hydrogen (secondary N) is 1. The van der Waals surface area contributed by atoms with E-state index >= 15 is 0 Å². The minimum Gasteiger partial charge on any atom is -0.486 e. The SMILES string of the molecule is CCNC(=NCc1cc(Cl)c2c(c1)OCCO2)N1CCC(c2cnn(C)c2)C1.I. The highest BCUT2D eigenvalue weighted by molar-refractivity contribution is 14.0. The van der Waals surface area contributed by atoms with Crippen molar-refractivity contribution in [3.05, 3.63) is 40.7 Å². The van der Waals surface area contributed by atoms with Gasteiger partial charge in [-0.2, -0.15) is 5.10 Å². The molecule has 1 aromatic heterocycles. The number of hydrogen-bond acceptors (Lipinski definition) is 4. The predicted octanol–water partition coefficient (Wildman–Crippen LogP) is 3.42. The van der Waals surface area contributed by atoms with Crippen molar-refractivity contribution in [1.82, 2.24) is 20.0 Å². The van der Waals surface area contributed by atoms with E-state index in [4.69, 9.17) is 26.1 Å². The highest BCUT2D eigenvalue weighted by Gasteiger charge is 2.27. The van der Waals surface area contributed by atoms with E-state index in [0.29, 0.717) is 42.2 Å². The van der Waals surface area contributed by atoms with Crippen LogP contribution < -0.4 is 14.8 Å². The van der Waals surface area contributed by atoms with Gasteiger partial charge in [-0.1, -0.05) is 11.6 Å². The van der Waals surface area contributed by atoms with Crippen molar-refractivity contribution in [1.29, 1.82) is 0 Å². The van der Waals surface area contributed by atoms with E-state index in [-0.39, 0.29) is 24.0 Å². The zero-order valence-corrected chi connectivity index (χ0v) is 19.8. The van der Waals surface area contributed by atoms with Gasteiger partial charge in [-0.25, -0.2) is 4.99 Å². The molecule has 4 rings (SSSR count). The zero-order valence-electron chi connectivity index (χ0n) is 16.7. The van der Waals surface area contributed by atoms with Crippen molar-refractivity contribution in [2.24, 2.45) is 12.0 Å². The van der Waals surface area contributed by atoms with Gasteiger partial charge in [-0.15, -0.1) is 24.0 Å². The van der Waals surface area contributed by atoms with Crippen molar-refractivity contribution >= 4 is 41.5 Å². The maximum Gasteiger partial charge on any atom is 0.194 e. The van der Waals surface area contributed by atoms with Gasteiger partial charge in [0.25, 0.3) is 0 Å². The summed E-state index contributed by atoms with van der Waals surface area (Å²) in [6.45, 7) is 6.45. The van der Waals surface area contributed by atoms with Gasteiger partial charge in [0, 0.05) is 38.8 Å². The fraction of sp³-hybridized carbons (Fsp3) is 0.500. The van der Waals surface area contributed by atoms with E-state index in [1.807, 2.05) is 30.1 Å². The lowest BCUT2D eigenvalue weighted by molar-refractivity contribution is 0.171. The third-order valence-corrected chi connectivity index (χ3v) is 5.37. The first-order chi connectivity index (χ1) is 13.6. The van der Waals surface area contributed by atoms with Gasteiger partial charge in [-0.05, 0) is 36.6 Å². The number of rotatable bonds is 4. The molecule has 1 fully saturated rings. The van der Waals surface area contributed by atoms with Crippen molar-refractivity contribution < 1.29 is 9.47 Å². The monoisotopic (exact) mass is 531 g/mol. The fourth-order valence-electron chi connectivity index (χ4n) is 3.72. The fourth-order valence-corrected chi connectivity index (χ4v) is 4.01. The van der Waals surface area contributed by atoms with Crippen LogP contribution in [0.4, 0.5) is 0 Å². The first kappa shape index (κ1) is 22.0. The quantitative estimate of drug-likeness (QED) is 0.372. The summed E-state index contributed by atoms with van der Waals surface area (Å²) in [7, 11) is 1.96. The first-order valence-corrected chi connectivity index (χ1v) is 10.1. The lowest BCUT2D eigenvalue weighted by atomic mass is 10.0. The van der Waals surface area contributed by atoms with E-state index < -0.39 is 0 Å². The number of nitrogens with zero attached hydrogens (tertiary/aromatic N) is 4.